The number of para-hydroxylation sites is 2. The lowest BCUT2D eigenvalue weighted by Gasteiger charge is -2.19. The van der Waals surface area contributed by atoms with Crippen molar-refractivity contribution in [3.05, 3.63) is 54.3 Å². The highest BCUT2D eigenvalue weighted by Gasteiger charge is 2.32. The molecule has 0 aromatic heterocycles. The second-order valence-electron chi connectivity index (χ2n) is 6.63. The van der Waals surface area contributed by atoms with Gasteiger partial charge in [-0.3, -0.25) is 9.52 Å². The van der Waals surface area contributed by atoms with Crippen LogP contribution in [-0.2, 0) is 14.8 Å². The molecule has 0 heterocycles. The topological polar surface area (TPSA) is 101 Å². The molecule has 2 atom stereocenters. The highest BCUT2D eigenvalue weighted by molar-refractivity contribution is 7.92. The largest absolute Gasteiger partial charge is 0.330 e. The van der Waals surface area contributed by atoms with E-state index in [1.807, 2.05) is 0 Å². The smallest absolute Gasteiger partial charge is 0.261 e. The Balaban J connectivity index is 1.80. The number of sulfonamides is 1. The van der Waals surface area contributed by atoms with Crippen LogP contribution in [0.15, 0.2) is 53.4 Å². The Bertz CT molecular complexity index is 916. The van der Waals surface area contributed by atoms with Gasteiger partial charge in [0.05, 0.1) is 16.3 Å². The van der Waals surface area contributed by atoms with E-state index >= 15 is 0 Å². The van der Waals surface area contributed by atoms with Crippen LogP contribution >= 0.6 is 0 Å². The Morgan fingerprint density at radius 3 is 2.41 bits per heavy atom. The summed E-state index contributed by atoms with van der Waals surface area (Å²) in [6, 6.07) is 11.1. The van der Waals surface area contributed by atoms with Gasteiger partial charge in [-0.25, -0.2) is 12.8 Å². The normalized spacial score (nSPS) is 19.6. The Hall–Kier alpha value is -2.45. The lowest BCUT2D eigenvalue weighted by Crippen LogP contribution is -2.30. The number of carbonyl (C=O) groups is 1. The molecule has 27 heavy (non-hydrogen) atoms. The van der Waals surface area contributed by atoms with Gasteiger partial charge in [0.25, 0.3) is 10.0 Å². The molecule has 3 rings (SSSR count). The van der Waals surface area contributed by atoms with E-state index in [0.717, 1.165) is 31.4 Å². The number of nitrogens with two attached hydrogens (primary N) is 1. The van der Waals surface area contributed by atoms with Crippen molar-refractivity contribution in [2.75, 3.05) is 16.6 Å². The summed E-state index contributed by atoms with van der Waals surface area (Å²) in [7, 11) is -3.91. The van der Waals surface area contributed by atoms with Crippen molar-refractivity contribution >= 4 is 27.3 Å². The van der Waals surface area contributed by atoms with Gasteiger partial charge in [-0.1, -0.05) is 18.6 Å². The molecule has 0 spiro atoms. The third kappa shape index (κ3) is 4.45. The van der Waals surface area contributed by atoms with Gasteiger partial charge in [0, 0.05) is 5.92 Å². The van der Waals surface area contributed by atoms with Gasteiger partial charge in [0.15, 0.2) is 0 Å². The van der Waals surface area contributed by atoms with Crippen LogP contribution in [0.1, 0.15) is 19.3 Å². The summed E-state index contributed by atoms with van der Waals surface area (Å²) in [6.45, 7) is 0.455. The van der Waals surface area contributed by atoms with E-state index in [4.69, 9.17) is 5.73 Å². The van der Waals surface area contributed by atoms with E-state index < -0.39 is 15.8 Å². The quantitative estimate of drug-likeness (QED) is 0.705. The third-order valence-electron chi connectivity index (χ3n) is 4.85. The summed E-state index contributed by atoms with van der Waals surface area (Å²) in [5.41, 5.74) is 6.36. The molecule has 0 unspecified atom stereocenters. The second kappa shape index (κ2) is 8.06. The number of benzene rings is 2. The minimum atomic E-state index is -3.91. The van der Waals surface area contributed by atoms with Crippen LogP contribution in [0.2, 0.25) is 0 Å². The number of hydrogen-bond acceptors (Lipinski definition) is 4. The number of rotatable bonds is 6. The van der Waals surface area contributed by atoms with Crippen molar-refractivity contribution in [3.8, 4) is 0 Å². The molecular weight excluding hydrogens is 369 g/mol. The van der Waals surface area contributed by atoms with E-state index in [1.54, 1.807) is 24.3 Å². The maximum Gasteiger partial charge on any atom is 0.261 e. The van der Waals surface area contributed by atoms with Crippen molar-refractivity contribution in [3.63, 3.8) is 0 Å². The first-order valence-electron chi connectivity index (χ1n) is 8.79. The Kier molecular flexibility index (Phi) is 5.76. The lowest BCUT2D eigenvalue weighted by atomic mass is 9.95. The van der Waals surface area contributed by atoms with Crippen LogP contribution in [0.4, 0.5) is 15.8 Å². The zero-order valence-corrected chi connectivity index (χ0v) is 15.5. The summed E-state index contributed by atoms with van der Waals surface area (Å²) in [6.07, 6.45) is 2.66. The molecule has 2 aromatic carbocycles. The summed E-state index contributed by atoms with van der Waals surface area (Å²) >= 11 is 0. The molecule has 1 aliphatic rings. The minimum Gasteiger partial charge on any atom is -0.330 e. The summed E-state index contributed by atoms with van der Waals surface area (Å²) in [4.78, 5) is 12.6. The Morgan fingerprint density at radius 1 is 1.07 bits per heavy atom. The maximum atomic E-state index is 13.0. The van der Waals surface area contributed by atoms with Crippen molar-refractivity contribution in [1.29, 1.82) is 0 Å². The van der Waals surface area contributed by atoms with Crippen LogP contribution < -0.4 is 15.8 Å². The molecule has 144 valence electrons. The van der Waals surface area contributed by atoms with Crippen LogP contribution in [0.3, 0.4) is 0 Å². The average molecular weight is 391 g/mol. The van der Waals surface area contributed by atoms with Crippen LogP contribution in [0, 0.1) is 17.7 Å². The van der Waals surface area contributed by atoms with Crippen LogP contribution in [0.25, 0.3) is 0 Å². The first-order valence-corrected chi connectivity index (χ1v) is 10.3. The molecule has 6 nitrogen and oxygen atoms in total. The summed E-state index contributed by atoms with van der Waals surface area (Å²) in [5.74, 6) is -0.700. The molecule has 0 bridgehead atoms. The number of halogens is 1. The fourth-order valence-electron chi connectivity index (χ4n) is 3.39. The maximum absolute atomic E-state index is 13.0. The molecule has 4 N–H and O–H groups in total. The minimum absolute atomic E-state index is 0.0657. The van der Waals surface area contributed by atoms with Gasteiger partial charge in [0.1, 0.15) is 5.82 Å². The monoisotopic (exact) mass is 391 g/mol. The van der Waals surface area contributed by atoms with E-state index in [1.165, 1.54) is 12.1 Å². The van der Waals surface area contributed by atoms with Crippen LogP contribution in [0.5, 0.6) is 0 Å². The third-order valence-corrected chi connectivity index (χ3v) is 6.23. The fourth-order valence-corrected chi connectivity index (χ4v) is 4.47. The van der Waals surface area contributed by atoms with Gasteiger partial charge < -0.3 is 11.1 Å². The number of amides is 1. The standard InChI is InChI=1S/C19H22FN3O3S/c20-14-8-10-15(11-9-14)27(25,26)23-18-7-2-1-6-17(18)22-19(24)16-5-3-4-13(16)12-21/h1-2,6-11,13,16,23H,3-5,12,21H2,(H,22,24)/t13-,16-/m1/s1. The molecule has 1 aliphatic carbocycles. The van der Waals surface area contributed by atoms with Gasteiger partial charge in [-0.05, 0) is 61.7 Å². The second-order valence-corrected chi connectivity index (χ2v) is 8.31. The zero-order chi connectivity index (χ0) is 19.4. The Labute approximate surface area is 158 Å². The molecule has 0 aliphatic heterocycles. The molecule has 2 aromatic rings. The first kappa shape index (κ1) is 19.3. The molecular formula is C19H22FN3O3S. The summed E-state index contributed by atoms with van der Waals surface area (Å²) < 4.78 is 40.6. The SMILES string of the molecule is NC[C@H]1CCC[C@H]1C(=O)Nc1ccccc1NS(=O)(=O)c1ccc(F)cc1. The van der Waals surface area contributed by atoms with Gasteiger partial charge in [0.2, 0.25) is 5.91 Å². The highest BCUT2D eigenvalue weighted by atomic mass is 32.2. The molecule has 0 radical (unpaired) electrons. The van der Waals surface area contributed by atoms with Crippen molar-refractivity contribution in [2.24, 2.45) is 17.6 Å². The number of hydrogen-bond donors (Lipinski definition) is 3. The lowest BCUT2D eigenvalue weighted by molar-refractivity contribution is -0.120. The van der Waals surface area contributed by atoms with Gasteiger partial charge >= 0.3 is 0 Å². The van der Waals surface area contributed by atoms with Crippen molar-refractivity contribution in [2.45, 2.75) is 24.2 Å². The van der Waals surface area contributed by atoms with E-state index in [0.29, 0.717) is 12.2 Å². The number of nitrogens with one attached hydrogen (secondary N) is 2. The van der Waals surface area contributed by atoms with Gasteiger partial charge in [-0.15, -0.1) is 0 Å². The molecule has 8 heteroatoms. The molecule has 1 fully saturated rings. The predicted molar refractivity (Wildman–Crippen MR) is 102 cm³/mol. The average Bonchev–Trinajstić information content (AvgIpc) is 3.12. The molecule has 1 amide bonds. The van der Waals surface area contributed by atoms with Crippen molar-refractivity contribution in [1.82, 2.24) is 0 Å². The fraction of sp³-hybridized carbons (Fsp3) is 0.316. The number of carbonyl (C=O) groups excluding carboxylic acids is 1. The molecule has 1 saturated carbocycles. The highest BCUT2D eigenvalue weighted by Crippen LogP contribution is 2.33. The molecule has 0 saturated heterocycles. The zero-order valence-electron chi connectivity index (χ0n) is 14.7. The van der Waals surface area contributed by atoms with Gasteiger partial charge in [-0.2, -0.15) is 0 Å². The predicted octanol–water partition coefficient (Wildman–Crippen LogP) is 2.94. The van der Waals surface area contributed by atoms with E-state index in [2.05, 4.69) is 10.0 Å². The van der Waals surface area contributed by atoms with Crippen LogP contribution in [-0.4, -0.2) is 20.9 Å². The number of anilines is 2. The summed E-state index contributed by atoms with van der Waals surface area (Å²) in [5, 5.41) is 2.82. The Morgan fingerprint density at radius 2 is 1.74 bits per heavy atom. The van der Waals surface area contributed by atoms with Crippen molar-refractivity contribution < 1.29 is 17.6 Å². The first-order chi connectivity index (χ1) is 12.9. The van der Waals surface area contributed by atoms with E-state index in [9.17, 15) is 17.6 Å². The van der Waals surface area contributed by atoms with E-state index in [-0.39, 0.29) is 28.3 Å².